The summed E-state index contributed by atoms with van der Waals surface area (Å²) in [5.74, 6) is 0. The summed E-state index contributed by atoms with van der Waals surface area (Å²) in [6.45, 7) is 0. The largest absolute Gasteiger partial charge is 0.471 e. The Kier molecular flexibility index (Phi) is 5.11. The Morgan fingerprint density at radius 2 is 1.68 bits per heavy atom. The number of ether oxygens (including phenoxy) is 1. The van der Waals surface area contributed by atoms with E-state index in [1.165, 1.54) is 6.26 Å². The van der Waals surface area contributed by atoms with Crippen molar-refractivity contribution >= 4 is 12.3 Å². The Morgan fingerprint density at radius 3 is 2.63 bits per heavy atom. The highest BCUT2D eigenvalue weighted by atomic mass is 16.5. The van der Waals surface area contributed by atoms with Gasteiger partial charge in [-0.15, -0.1) is 0 Å². The monoisotopic (exact) mass is 250 g/mol. The third-order valence-corrected chi connectivity index (χ3v) is 2.31. The van der Waals surface area contributed by atoms with Crippen LogP contribution in [-0.4, -0.2) is 11.2 Å². The molecule has 94 valence electrons. The van der Waals surface area contributed by atoms with Crippen LogP contribution in [0.25, 0.3) is 6.08 Å². The van der Waals surface area contributed by atoms with Gasteiger partial charge in [-0.25, -0.2) is 0 Å². The molecule has 0 aliphatic carbocycles. The van der Waals surface area contributed by atoms with Gasteiger partial charge in [0.2, 0.25) is 0 Å². The third kappa shape index (κ3) is 4.60. The molecule has 3 nitrogen and oxygen atoms in total. The van der Waals surface area contributed by atoms with Gasteiger partial charge in [0, 0.05) is 29.7 Å². The van der Waals surface area contributed by atoms with Crippen LogP contribution in [0.1, 0.15) is 11.1 Å². The summed E-state index contributed by atoms with van der Waals surface area (Å²) >= 11 is 0. The number of hydrogen-bond acceptors (Lipinski definition) is 3. The Labute approximate surface area is 112 Å². The summed E-state index contributed by atoms with van der Waals surface area (Å²) in [5.41, 5.74) is 2.02. The van der Waals surface area contributed by atoms with Crippen LogP contribution in [0.15, 0.2) is 78.6 Å². The van der Waals surface area contributed by atoms with Crippen LogP contribution in [0.3, 0.4) is 0 Å². The first-order valence-electron chi connectivity index (χ1n) is 5.91. The van der Waals surface area contributed by atoms with E-state index in [1.54, 1.807) is 37.1 Å². The number of nitrogens with zero attached hydrogens (tertiary/aromatic N) is 2. The molecule has 0 bridgehead atoms. The summed E-state index contributed by atoms with van der Waals surface area (Å²) in [6.07, 6.45) is 23.5. The van der Waals surface area contributed by atoms with E-state index < -0.39 is 0 Å². The minimum atomic E-state index is 1.00. The van der Waals surface area contributed by atoms with E-state index in [0.29, 0.717) is 0 Å². The summed E-state index contributed by atoms with van der Waals surface area (Å²) in [4.78, 5) is 8.27. The van der Waals surface area contributed by atoms with Crippen LogP contribution in [0.5, 0.6) is 0 Å². The van der Waals surface area contributed by atoms with Crippen LogP contribution in [-0.2, 0) is 4.74 Å². The average molecular weight is 250 g/mol. The van der Waals surface area contributed by atoms with Crippen molar-refractivity contribution in [2.45, 2.75) is 0 Å². The van der Waals surface area contributed by atoms with Gasteiger partial charge >= 0.3 is 0 Å². The zero-order valence-corrected chi connectivity index (χ0v) is 10.4. The Bertz CT molecular complexity index is 578. The molecule has 1 aromatic heterocycles. The normalized spacial score (nSPS) is 22.9. The molecule has 1 aliphatic heterocycles. The molecule has 0 amide bonds. The number of rotatable bonds is 0. The smallest absolute Gasteiger partial charge is 0.108 e. The Hall–Kier alpha value is -2.68. The van der Waals surface area contributed by atoms with Gasteiger partial charge < -0.3 is 4.74 Å². The van der Waals surface area contributed by atoms with Crippen molar-refractivity contribution in [2.75, 3.05) is 0 Å². The summed E-state index contributed by atoms with van der Waals surface area (Å²) in [7, 11) is 0. The van der Waals surface area contributed by atoms with Gasteiger partial charge in [0.05, 0.1) is 12.5 Å². The van der Waals surface area contributed by atoms with Crippen LogP contribution in [0.4, 0.5) is 0 Å². The molecular weight excluding hydrogens is 236 g/mol. The maximum Gasteiger partial charge on any atom is 0.108 e. The highest BCUT2D eigenvalue weighted by Crippen LogP contribution is 2.07. The van der Waals surface area contributed by atoms with E-state index in [0.717, 1.165) is 11.1 Å². The number of allylic oxidation sites excluding steroid dienone is 6. The second-order valence-electron chi connectivity index (χ2n) is 3.66. The molecule has 19 heavy (non-hydrogen) atoms. The fourth-order valence-corrected chi connectivity index (χ4v) is 1.42. The van der Waals surface area contributed by atoms with Gasteiger partial charge in [0.25, 0.3) is 0 Å². The molecule has 2 rings (SSSR count). The molecule has 1 aliphatic rings. The van der Waals surface area contributed by atoms with Crippen molar-refractivity contribution in [2.24, 2.45) is 4.99 Å². The topological polar surface area (TPSA) is 34.5 Å². The van der Waals surface area contributed by atoms with Gasteiger partial charge in [-0.05, 0) is 12.1 Å². The lowest BCUT2D eigenvalue weighted by molar-refractivity contribution is 0.402. The van der Waals surface area contributed by atoms with Gasteiger partial charge in [0.15, 0.2) is 0 Å². The van der Waals surface area contributed by atoms with E-state index >= 15 is 0 Å². The van der Waals surface area contributed by atoms with Crippen LogP contribution < -0.4 is 0 Å². The lowest BCUT2D eigenvalue weighted by Gasteiger charge is -1.97. The Balaban J connectivity index is 2.28. The zero-order chi connectivity index (χ0) is 13.2. The highest BCUT2D eigenvalue weighted by molar-refractivity contribution is 5.85. The van der Waals surface area contributed by atoms with Crippen molar-refractivity contribution in [3.8, 4) is 0 Å². The van der Waals surface area contributed by atoms with Gasteiger partial charge in [-0.1, -0.05) is 36.5 Å². The van der Waals surface area contributed by atoms with Crippen LogP contribution in [0.2, 0.25) is 0 Å². The zero-order valence-electron chi connectivity index (χ0n) is 10.4. The molecule has 2 heterocycles. The predicted octanol–water partition coefficient (Wildman–Crippen LogP) is 3.64. The molecule has 0 spiro atoms. The molecule has 0 aromatic carbocycles. The van der Waals surface area contributed by atoms with E-state index in [2.05, 4.69) is 9.98 Å². The van der Waals surface area contributed by atoms with Gasteiger partial charge in [0.1, 0.15) is 6.26 Å². The molecule has 1 aromatic rings. The minimum Gasteiger partial charge on any atom is -0.471 e. The van der Waals surface area contributed by atoms with Gasteiger partial charge in [-0.2, -0.15) is 0 Å². The van der Waals surface area contributed by atoms with E-state index in [-0.39, 0.29) is 0 Å². The molecule has 3 heteroatoms. The minimum absolute atomic E-state index is 1.00. The maximum absolute atomic E-state index is 5.12. The van der Waals surface area contributed by atoms with E-state index in [1.807, 2.05) is 42.5 Å². The first-order chi connectivity index (χ1) is 9.47. The fraction of sp³-hybridized carbons (Fsp3) is 0. The number of pyridine rings is 1. The van der Waals surface area contributed by atoms with E-state index in [9.17, 15) is 0 Å². The first-order valence-corrected chi connectivity index (χ1v) is 5.91. The molecule has 0 fully saturated rings. The number of aromatic nitrogens is 1. The van der Waals surface area contributed by atoms with Crippen molar-refractivity contribution in [1.82, 2.24) is 4.98 Å². The molecular formula is C16H14N2O. The number of fused-ring (bicyclic) bond motifs is 1. The molecule has 0 radical (unpaired) electrons. The molecule has 0 atom stereocenters. The summed E-state index contributed by atoms with van der Waals surface area (Å²) < 4.78 is 5.12. The van der Waals surface area contributed by atoms with Crippen molar-refractivity contribution in [1.29, 1.82) is 0 Å². The summed E-state index contributed by atoms with van der Waals surface area (Å²) in [5, 5.41) is 0. The number of aliphatic imine (C=N–C) groups is 1. The predicted molar refractivity (Wildman–Crippen MR) is 78.5 cm³/mol. The summed E-state index contributed by atoms with van der Waals surface area (Å²) in [6, 6.07) is 1.92. The van der Waals surface area contributed by atoms with Crippen molar-refractivity contribution < 1.29 is 4.74 Å². The van der Waals surface area contributed by atoms with Gasteiger partial charge in [-0.3, -0.25) is 9.98 Å². The quantitative estimate of drug-likeness (QED) is 0.704. The van der Waals surface area contributed by atoms with Crippen LogP contribution >= 0.6 is 0 Å². The van der Waals surface area contributed by atoms with Crippen molar-refractivity contribution in [3.63, 3.8) is 0 Å². The standard InChI is InChI=1S/C16H14N2O/c1-2-4-6-11-19-12-10-18-14-16-8-9-17-13-15(16)7-5-3-1/h1-14H/b3-1-,4-2-,7-5-,11-6-,12-10-,18-14?. The molecule has 0 N–H and O–H groups in total. The average Bonchev–Trinajstić information content (AvgIpc) is 2.45. The molecule has 0 saturated heterocycles. The fourth-order valence-electron chi connectivity index (χ4n) is 1.42. The highest BCUT2D eigenvalue weighted by Gasteiger charge is 1.94. The SMILES string of the molecule is C1=N/C=C\O\C=C/C=C\C=C/C=C\c2cnccc21. The lowest BCUT2D eigenvalue weighted by Crippen LogP contribution is -1.87. The lowest BCUT2D eigenvalue weighted by atomic mass is 10.1. The maximum atomic E-state index is 5.12. The van der Waals surface area contributed by atoms with E-state index in [4.69, 9.17) is 4.74 Å². The molecule has 0 unspecified atom stereocenters. The second kappa shape index (κ2) is 7.61. The first kappa shape index (κ1) is 12.8. The number of hydrogen-bond donors (Lipinski definition) is 0. The van der Waals surface area contributed by atoms with Crippen LogP contribution in [0, 0.1) is 0 Å². The molecule has 0 saturated carbocycles. The second-order valence-corrected chi connectivity index (χ2v) is 3.66. The van der Waals surface area contributed by atoms with Crippen molar-refractivity contribution in [3.05, 3.63) is 84.8 Å². The third-order valence-electron chi connectivity index (χ3n) is 2.31. The Morgan fingerprint density at radius 1 is 0.842 bits per heavy atom.